The molecule has 0 saturated heterocycles. The van der Waals surface area contributed by atoms with E-state index in [-0.39, 0.29) is 10.8 Å². The molecule has 0 radical (unpaired) electrons. The van der Waals surface area contributed by atoms with Crippen molar-refractivity contribution >= 4 is 16.0 Å². The quantitative estimate of drug-likeness (QED) is 0.838. The van der Waals surface area contributed by atoms with Gasteiger partial charge in [0, 0.05) is 6.54 Å². The molecular weight excluding hydrogens is 278 g/mol. The zero-order chi connectivity index (χ0) is 14.6. The number of carbonyl (C=O) groups is 1. The molecule has 0 unspecified atom stereocenters. The molecule has 110 valence electrons. The molecule has 2 N–H and O–H groups in total. The molecule has 0 atom stereocenters. The van der Waals surface area contributed by atoms with Crippen molar-refractivity contribution in [2.24, 2.45) is 0 Å². The van der Waals surface area contributed by atoms with Crippen LogP contribution in [0.1, 0.15) is 41.6 Å². The summed E-state index contributed by atoms with van der Waals surface area (Å²) in [6, 6.07) is 6.57. The summed E-state index contributed by atoms with van der Waals surface area (Å²) in [4.78, 5) is 10.8. The monoisotopic (exact) mass is 297 g/mol. The van der Waals surface area contributed by atoms with Crippen molar-refractivity contribution in [2.45, 2.75) is 37.4 Å². The average molecular weight is 297 g/mol. The summed E-state index contributed by atoms with van der Waals surface area (Å²) in [6.45, 7) is 0.307. The highest BCUT2D eigenvalue weighted by Gasteiger charge is 2.27. The average Bonchev–Trinajstić information content (AvgIpc) is 2.93. The second kappa shape index (κ2) is 6.37. The van der Waals surface area contributed by atoms with E-state index >= 15 is 0 Å². The van der Waals surface area contributed by atoms with E-state index in [1.165, 1.54) is 6.07 Å². The molecule has 0 bridgehead atoms. The van der Waals surface area contributed by atoms with Crippen molar-refractivity contribution < 1.29 is 18.3 Å². The van der Waals surface area contributed by atoms with E-state index in [2.05, 4.69) is 4.72 Å². The lowest BCUT2D eigenvalue weighted by molar-refractivity contribution is 0.0696. The maximum absolute atomic E-state index is 12.0. The molecule has 1 aromatic rings. The standard InChI is InChI=1S/C14H19NO4S/c16-14(17)12-5-3-4-11(10-12)8-9-15-20(18,19)13-6-1-2-7-13/h3-5,10,13,15H,1-2,6-9H2,(H,16,17). The van der Waals surface area contributed by atoms with Gasteiger partial charge >= 0.3 is 5.97 Å². The number of nitrogens with one attached hydrogen (secondary N) is 1. The van der Waals surface area contributed by atoms with Gasteiger partial charge in [-0.25, -0.2) is 17.9 Å². The summed E-state index contributed by atoms with van der Waals surface area (Å²) in [5, 5.41) is 8.64. The number of hydrogen-bond acceptors (Lipinski definition) is 3. The van der Waals surface area contributed by atoms with Crippen molar-refractivity contribution in [2.75, 3.05) is 6.54 Å². The minimum Gasteiger partial charge on any atom is -0.478 e. The number of sulfonamides is 1. The van der Waals surface area contributed by atoms with Gasteiger partial charge in [0.2, 0.25) is 10.0 Å². The van der Waals surface area contributed by atoms with Crippen LogP contribution < -0.4 is 4.72 Å². The maximum atomic E-state index is 12.0. The van der Waals surface area contributed by atoms with E-state index in [1.807, 2.05) is 0 Å². The number of carboxylic acid groups (broad SMARTS) is 1. The van der Waals surface area contributed by atoms with Gasteiger partial charge in [-0.05, 0) is 37.0 Å². The van der Waals surface area contributed by atoms with Gasteiger partial charge < -0.3 is 5.11 Å². The summed E-state index contributed by atoms with van der Waals surface area (Å²) < 4.78 is 26.6. The van der Waals surface area contributed by atoms with Crippen LogP contribution in [0.15, 0.2) is 24.3 Å². The van der Waals surface area contributed by atoms with Crippen LogP contribution in [0.3, 0.4) is 0 Å². The molecule has 0 amide bonds. The molecular formula is C14H19NO4S. The first kappa shape index (κ1) is 15.0. The number of benzene rings is 1. The number of hydrogen-bond donors (Lipinski definition) is 2. The highest BCUT2D eigenvalue weighted by Crippen LogP contribution is 2.23. The molecule has 2 rings (SSSR count). The van der Waals surface area contributed by atoms with Crippen LogP contribution >= 0.6 is 0 Å². The Balaban J connectivity index is 1.89. The SMILES string of the molecule is O=C(O)c1cccc(CCNS(=O)(=O)C2CCCC2)c1. The zero-order valence-electron chi connectivity index (χ0n) is 11.2. The summed E-state index contributed by atoms with van der Waals surface area (Å²) >= 11 is 0. The van der Waals surface area contributed by atoms with Crippen LogP contribution in [-0.2, 0) is 16.4 Å². The largest absolute Gasteiger partial charge is 0.478 e. The Bertz CT molecular complexity index is 577. The fourth-order valence-corrected chi connectivity index (χ4v) is 4.09. The third-order valence-corrected chi connectivity index (χ3v) is 5.59. The fourth-order valence-electron chi connectivity index (χ4n) is 2.51. The molecule has 1 aliphatic rings. The Morgan fingerprint density at radius 3 is 2.65 bits per heavy atom. The summed E-state index contributed by atoms with van der Waals surface area (Å²) in [6.07, 6.45) is 3.93. The molecule has 0 heterocycles. The highest BCUT2D eigenvalue weighted by atomic mass is 32.2. The predicted octanol–water partition coefficient (Wildman–Crippen LogP) is 1.79. The van der Waals surface area contributed by atoms with E-state index in [9.17, 15) is 13.2 Å². The lowest BCUT2D eigenvalue weighted by atomic mass is 10.1. The Morgan fingerprint density at radius 1 is 1.30 bits per heavy atom. The minimum atomic E-state index is -3.22. The van der Waals surface area contributed by atoms with Crippen LogP contribution in [0.25, 0.3) is 0 Å². The predicted molar refractivity (Wildman–Crippen MR) is 76.3 cm³/mol. The van der Waals surface area contributed by atoms with Crippen molar-refractivity contribution in [3.05, 3.63) is 35.4 Å². The number of rotatable bonds is 6. The molecule has 5 nitrogen and oxygen atoms in total. The van der Waals surface area contributed by atoms with E-state index in [0.29, 0.717) is 13.0 Å². The Kier molecular flexibility index (Phi) is 4.77. The second-order valence-corrected chi connectivity index (χ2v) is 7.15. The normalized spacial score (nSPS) is 16.4. The van der Waals surface area contributed by atoms with Crippen LogP contribution in [0.4, 0.5) is 0 Å². The Morgan fingerprint density at radius 2 is 2.00 bits per heavy atom. The van der Waals surface area contributed by atoms with Crippen molar-refractivity contribution in [1.29, 1.82) is 0 Å². The smallest absolute Gasteiger partial charge is 0.335 e. The molecule has 0 aliphatic heterocycles. The fraction of sp³-hybridized carbons (Fsp3) is 0.500. The Labute approximate surface area is 119 Å². The van der Waals surface area contributed by atoms with E-state index < -0.39 is 16.0 Å². The molecule has 0 spiro atoms. The van der Waals surface area contributed by atoms with E-state index in [1.54, 1.807) is 18.2 Å². The number of carboxylic acids is 1. The van der Waals surface area contributed by atoms with Crippen molar-refractivity contribution in [3.63, 3.8) is 0 Å². The minimum absolute atomic E-state index is 0.223. The van der Waals surface area contributed by atoms with Crippen LogP contribution in [0, 0.1) is 0 Å². The van der Waals surface area contributed by atoms with Crippen LogP contribution in [-0.4, -0.2) is 31.3 Å². The third kappa shape index (κ3) is 3.80. The van der Waals surface area contributed by atoms with Gasteiger partial charge in [0.15, 0.2) is 0 Å². The van der Waals surface area contributed by atoms with Gasteiger partial charge in [0.05, 0.1) is 10.8 Å². The first-order valence-corrected chi connectivity index (χ1v) is 8.34. The van der Waals surface area contributed by atoms with Crippen LogP contribution in [0.2, 0.25) is 0 Å². The molecule has 1 aliphatic carbocycles. The van der Waals surface area contributed by atoms with Gasteiger partial charge in [0.25, 0.3) is 0 Å². The molecule has 1 saturated carbocycles. The molecule has 20 heavy (non-hydrogen) atoms. The van der Waals surface area contributed by atoms with E-state index in [0.717, 1.165) is 31.2 Å². The topological polar surface area (TPSA) is 83.5 Å². The first-order chi connectivity index (χ1) is 9.49. The molecule has 6 heteroatoms. The molecule has 1 fully saturated rings. The molecule has 1 aromatic carbocycles. The lowest BCUT2D eigenvalue weighted by Crippen LogP contribution is -2.34. The van der Waals surface area contributed by atoms with Gasteiger partial charge in [-0.1, -0.05) is 25.0 Å². The lowest BCUT2D eigenvalue weighted by Gasteiger charge is -2.12. The zero-order valence-corrected chi connectivity index (χ0v) is 12.0. The van der Waals surface area contributed by atoms with Crippen LogP contribution in [0.5, 0.6) is 0 Å². The summed E-state index contributed by atoms with van der Waals surface area (Å²) in [7, 11) is -3.22. The molecule has 0 aromatic heterocycles. The summed E-state index contributed by atoms with van der Waals surface area (Å²) in [5.74, 6) is -0.974. The maximum Gasteiger partial charge on any atom is 0.335 e. The van der Waals surface area contributed by atoms with Crippen molar-refractivity contribution in [1.82, 2.24) is 4.72 Å². The highest BCUT2D eigenvalue weighted by molar-refractivity contribution is 7.90. The van der Waals surface area contributed by atoms with E-state index in [4.69, 9.17) is 5.11 Å². The number of aromatic carboxylic acids is 1. The van der Waals surface area contributed by atoms with Gasteiger partial charge in [-0.15, -0.1) is 0 Å². The third-order valence-electron chi connectivity index (χ3n) is 3.63. The van der Waals surface area contributed by atoms with Gasteiger partial charge in [0.1, 0.15) is 0 Å². The van der Waals surface area contributed by atoms with Crippen molar-refractivity contribution in [3.8, 4) is 0 Å². The van der Waals surface area contributed by atoms with Gasteiger partial charge in [-0.2, -0.15) is 0 Å². The summed E-state index contributed by atoms with van der Waals surface area (Å²) in [5.41, 5.74) is 1.04. The van der Waals surface area contributed by atoms with Gasteiger partial charge in [-0.3, -0.25) is 0 Å². The Hall–Kier alpha value is -1.40. The second-order valence-electron chi connectivity index (χ2n) is 5.10. The first-order valence-electron chi connectivity index (χ1n) is 6.80.